The number of carbonyl (C=O) groups is 3. The number of esters is 1. The lowest BCUT2D eigenvalue weighted by atomic mass is 10.0. The average Bonchev–Trinajstić information content (AvgIpc) is 3.78. The number of hydrogen-bond acceptors (Lipinski definition) is 9. The number of nitrogens with one attached hydrogen (secondary N) is 1. The van der Waals surface area contributed by atoms with Crippen LogP contribution >= 0.6 is 11.6 Å². The third kappa shape index (κ3) is 5.94. The summed E-state index contributed by atoms with van der Waals surface area (Å²) in [5.41, 5.74) is 1.44. The summed E-state index contributed by atoms with van der Waals surface area (Å²) < 4.78 is 26.7. The molecule has 2 aromatic carbocycles. The van der Waals surface area contributed by atoms with E-state index in [1.54, 1.807) is 30.3 Å². The van der Waals surface area contributed by atoms with E-state index in [9.17, 15) is 14.4 Å². The van der Waals surface area contributed by atoms with Gasteiger partial charge in [-0.25, -0.2) is 9.80 Å². The molecule has 1 atom stereocenters. The molecule has 3 heterocycles. The molecule has 0 bridgehead atoms. The number of carbonyl (C=O) groups excluding carboxylic acids is 3. The minimum absolute atomic E-state index is 0.0293. The highest BCUT2D eigenvalue weighted by atomic mass is 35.5. The number of halogens is 1. The van der Waals surface area contributed by atoms with Crippen molar-refractivity contribution in [1.29, 1.82) is 0 Å². The number of methoxy groups -OCH3 is 2. The van der Waals surface area contributed by atoms with Gasteiger partial charge in [-0.1, -0.05) is 23.7 Å². The molecule has 0 unspecified atom stereocenters. The number of nitrogens with zero attached hydrogens (tertiary/aromatic N) is 2. The van der Waals surface area contributed by atoms with E-state index < -0.39 is 30.4 Å². The molecule has 210 valence electrons. The van der Waals surface area contributed by atoms with Gasteiger partial charge in [-0.2, -0.15) is 5.10 Å². The molecular formula is C29H24ClN3O8. The normalized spacial score (nSPS) is 14.4. The average molecular weight is 578 g/mol. The van der Waals surface area contributed by atoms with Crippen LogP contribution in [0.5, 0.6) is 11.5 Å². The Balaban J connectivity index is 1.37. The zero-order valence-corrected chi connectivity index (χ0v) is 22.7. The molecule has 1 aliphatic heterocycles. The standard InChI is InChI=1S/C29H24ClN3O8/c1-37-25-13-19(21(15-26(25)38-2)31-28(35)24-6-4-12-40-24)29(36)41-16-27(34)33-22(23-5-3-11-39-23)14-20(32-33)17-7-9-18(30)10-8-17/h3-13,15,22H,14,16H2,1-2H3,(H,31,35)/t22-/m1/s1. The van der Waals surface area contributed by atoms with Crippen molar-refractivity contribution in [3.05, 3.63) is 101 Å². The second-order valence-corrected chi connectivity index (χ2v) is 9.22. The van der Waals surface area contributed by atoms with Crippen molar-refractivity contribution in [2.45, 2.75) is 12.5 Å². The third-order valence-electron chi connectivity index (χ3n) is 6.28. The first-order valence-corrected chi connectivity index (χ1v) is 12.7. The fraction of sp³-hybridized carbons (Fsp3) is 0.172. The van der Waals surface area contributed by atoms with Gasteiger partial charge in [0.05, 0.1) is 43.7 Å². The van der Waals surface area contributed by atoms with Crippen LogP contribution < -0.4 is 14.8 Å². The molecule has 5 rings (SSSR count). The molecule has 0 spiro atoms. The Bertz CT molecular complexity index is 1580. The van der Waals surface area contributed by atoms with E-state index in [4.69, 9.17) is 34.6 Å². The molecule has 12 heteroatoms. The van der Waals surface area contributed by atoms with Crippen molar-refractivity contribution in [2.24, 2.45) is 5.10 Å². The summed E-state index contributed by atoms with van der Waals surface area (Å²) in [6.45, 7) is -0.632. The van der Waals surface area contributed by atoms with Crippen LogP contribution in [-0.4, -0.2) is 49.3 Å². The molecule has 0 saturated heterocycles. The number of ether oxygens (including phenoxy) is 3. The Morgan fingerprint density at radius 1 is 1.00 bits per heavy atom. The maximum atomic E-state index is 13.3. The minimum atomic E-state index is -0.885. The Labute approximate surface area is 239 Å². The van der Waals surface area contributed by atoms with Crippen LogP contribution in [0.15, 0.2) is 87.1 Å². The highest BCUT2D eigenvalue weighted by Gasteiger charge is 2.35. The van der Waals surface area contributed by atoms with Gasteiger partial charge in [0.15, 0.2) is 23.9 Å². The minimum Gasteiger partial charge on any atom is -0.493 e. The topological polar surface area (TPSA) is 133 Å². The van der Waals surface area contributed by atoms with Crippen LogP contribution in [0.1, 0.15) is 44.7 Å². The molecule has 0 aliphatic carbocycles. The highest BCUT2D eigenvalue weighted by molar-refractivity contribution is 6.30. The monoisotopic (exact) mass is 577 g/mol. The van der Waals surface area contributed by atoms with Gasteiger partial charge >= 0.3 is 5.97 Å². The summed E-state index contributed by atoms with van der Waals surface area (Å²) in [5.74, 6) is -1.03. The summed E-state index contributed by atoms with van der Waals surface area (Å²) in [7, 11) is 2.81. The first kappa shape index (κ1) is 27.5. The van der Waals surface area contributed by atoms with Crippen molar-refractivity contribution in [2.75, 3.05) is 26.1 Å². The Morgan fingerprint density at radius 2 is 1.71 bits per heavy atom. The number of anilines is 1. The lowest BCUT2D eigenvalue weighted by Crippen LogP contribution is -2.31. The molecule has 2 aromatic heterocycles. The second-order valence-electron chi connectivity index (χ2n) is 8.79. The summed E-state index contributed by atoms with van der Waals surface area (Å²) in [4.78, 5) is 39.2. The molecule has 1 N–H and O–H groups in total. The van der Waals surface area contributed by atoms with Crippen LogP contribution in [0.2, 0.25) is 5.02 Å². The zero-order valence-electron chi connectivity index (χ0n) is 22.0. The van der Waals surface area contributed by atoms with Crippen LogP contribution in [0.25, 0.3) is 0 Å². The van der Waals surface area contributed by atoms with Crippen LogP contribution in [0, 0.1) is 0 Å². The lowest BCUT2D eigenvalue weighted by molar-refractivity contribution is -0.136. The Morgan fingerprint density at radius 3 is 2.37 bits per heavy atom. The van der Waals surface area contributed by atoms with Crippen molar-refractivity contribution in [3.63, 3.8) is 0 Å². The molecule has 2 amide bonds. The maximum absolute atomic E-state index is 13.3. The zero-order chi connectivity index (χ0) is 28.9. The van der Waals surface area contributed by atoms with Crippen LogP contribution in [-0.2, 0) is 9.53 Å². The molecule has 11 nitrogen and oxygen atoms in total. The fourth-order valence-electron chi connectivity index (χ4n) is 4.27. The van der Waals surface area contributed by atoms with Crippen molar-refractivity contribution < 1.29 is 37.4 Å². The quantitative estimate of drug-likeness (QED) is 0.264. The van der Waals surface area contributed by atoms with E-state index in [1.165, 1.54) is 50.0 Å². The van der Waals surface area contributed by atoms with Gasteiger partial charge in [0, 0.05) is 23.6 Å². The summed E-state index contributed by atoms with van der Waals surface area (Å²) in [6, 6.07) is 15.8. The van der Waals surface area contributed by atoms with Gasteiger partial charge in [-0.15, -0.1) is 0 Å². The van der Waals surface area contributed by atoms with Gasteiger partial charge in [0.1, 0.15) is 11.8 Å². The SMILES string of the molecule is COc1cc(NC(=O)c2ccco2)c(C(=O)OCC(=O)N2N=C(c3ccc(Cl)cc3)C[C@@H]2c2ccco2)cc1OC. The van der Waals surface area contributed by atoms with Gasteiger partial charge in [0.2, 0.25) is 0 Å². The van der Waals surface area contributed by atoms with Crippen molar-refractivity contribution >= 4 is 40.8 Å². The smallest absolute Gasteiger partial charge is 0.340 e. The van der Waals surface area contributed by atoms with Gasteiger partial charge < -0.3 is 28.4 Å². The third-order valence-corrected chi connectivity index (χ3v) is 6.53. The van der Waals surface area contributed by atoms with Crippen molar-refractivity contribution in [3.8, 4) is 11.5 Å². The van der Waals surface area contributed by atoms with Gasteiger partial charge in [0.25, 0.3) is 11.8 Å². The van der Waals surface area contributed by atoms with Crippen LogP contribution in [0.3, 0.4) is 0 Å². The molecule has 1 aliphatic rings. The number of furan rings is 2. The van der Waals surface area contributed by atoms with E-state index in [1.807, 2.05) is 12.1 Å². The predicted octanol–water partition coefficient (Wildman–Crippen LogP) is 5.33. The largest absolute Gasteiger partial charge is 0.493 e. The maximum Gasteiger partial charge on any atom is 0.340 e. The number of amides is 2. The highest BCUT2D eigenvalue weighted by Crippen LogP contribution is 2.35. The number of rotatable bonds is 9. The first-order chi connectivity index (χ1) is 19.9. The molecule has 0 fully saturated rings. The summed E-state index contributed by atoms with van der Waals surface area (Å²) in [5, 5.41) is 8.94. The Hall–Kier alpha value is -5.03. The first-order valence-electron chi connectivity index (χ1n) is 12.3. The van der Waals surface area contributed by atoms with E-state index in [0.29, 0.717) is 22.9 Å². The Kier molecular flexibility index (Phi) is 8.06. The summed E-state index contributed by atoms with van der Waals surface area (Å²) >= 11 is 6.02. The molecule has 0 saturated carbocycles. The van der Waals surface area contributed by atoms with Crippen LogP contribution in [0.4, 0.5) is 5.69 Å². The van der Waals surface area contributed by atoms with E-state index in [2.05, 4.69) is 10.4 Å². The molecule has 4 aromatic rings. The van der Waals surface area contributed by atoms with Crippen molar-refractivity contribution in [1.82, 2.24) is 5.01 Å². The number of benzene rings is 2. The molecule has 41 heavy (non-hydrogen) atoms. The molecule has 0 radical (unpaired) electrons. The van der Waals surface area contributed by atoms with E-state index in [0.717, 1.165) is 5.56 Å². The second kappa shape index (κ2) is 12.0. The predicted molar refractivity (Wildman–Crippen MR) is 147 cm³/mol. The molecular weight excluding hydrogens is 554 g/mol. The summed E-state index contributed by atoms with van der Waals surface area (Å²) in [6.07, 6.45) is 3.24. The number of hydrogen-bond donors (Lipinski definition) is 1. The fourth-order valence-corrected chi connectivity index (χ4v) is 4.40. The van der Waals surface area contributed by atoms with Gasteiger partial charge in [-0.05, 0) is 42.0 Å². The number of hydrazone groups is 1. The van der Waals surface area contributed by atoms with E-state index >= 15 is 0 Å². The van der Waals surface area contributed by atoms with Gasteiger partial charge in [-0.3, -0.25) is 9.59 Å². The van der Waals surface area contributed by atoms with E-state index in [-0.39, 0.29) is 28.5 Å². The lowest BCUT2D eigenvalue weighted by Gasteiger charge is -2.20.